The molecule has 1 aliphatic rings. The molecule has 0 aliphatic carbocycles. The van der Waals surface area contributed by atoms with Gasteiger partial charge in [-0.15, -0.1) is 0 Å². The Morgan fingerprint density at radius 2 is 2.09 bits per heavy atom. The van der Waals surface area contributed by atoms with Crippen molar-refractivity contribution in [2.45, 2.75) is 24.7 Å². The topological polar surface area (TPSA) is 96.5 Å². The number of ether oxygens (including phenoxy) is 2. The summed E-state index contributed by atoms with van der Waals surface area (Å²) in [6, 6.07) is 12.9. The Kier molecular flexibility index (Phi) is 7.77. The molecule has 0 saturated carbocycles. The van der Waals surface area contributed by atoms with E-state index in [0.717, 1.165) is 30.1 Å². The Balaban J connectivity index is 1.36. The van der Waals surface area contributed by atoms with E-state index in [4.69, 9.17) is 21.1 Å². The van der Waals surface area contributed by atoms with Crippen LogP contribution in [0.1, 0.15) is 16.8 Å². The van der Waals surface area contributed by atoms with Crippen LogP contribution in [0.4, 0.5) is 5.69 Å². The second-order valence-electron chi connectivity index (χ2n) is 7.79. The summed E-state index contributed by atoms with van der Waals surface area (Å²) in [4.78, 5) is 34.7. The number of aromatic amines is 1. The van der Waals surface area contributed by atoms with E-state index in [1.807, 2.05) is 24.3 Å². The number of benzene rings is 2. The third-order valence-corrected chi connectivity index (χ3v) is 6.61. The summed E-state index contributed by atoms with van der Waals surface area (Å²) in [7, 11) is 3.18. The van der Waals surface area contributed by atoms with Gasteiger partial charge in [-0.1, -0.05) is 35.5 Å². The summed E-state index contributed by atoms with van der Waals surface area (Å²) in [5, 5.41) is 3.63. The lowest BCUT2D eigenvalue weighted by Gasteiger charge is -2.27. The number of thioether (sulfide) groups is 1. The van der Waals surface area contributed by atoms with Crippen molar-refractivity contribution >= 4 is 35.0 Å². The van der Waals surface area contributed by atoms with E-state index in [-0.39, 0.29) is 17.2 Å². The van der Waals surface area contributed by atoms with E-state index < -0.39 is 0 Å². The maximum Gasteiger partial charge on any atom is 0.256 e. The molecule has 0 radical (unpaired) electrons. The molecule has 0 spiro atoms. The molecular formula is C24H25ClN4O4S. The first-order chi connectivity index (χ1) is 16.4. The van der Waals surface area contributed by atoms with E-state index in [9.17, 15) is 9.59 Å². The molecule has 0 fully saturated rings. The van der Waals surface area contributed by atoms with E-state index in [1.54, 1.807) is 25.3 Å². The zero-order chi connectivity index (χ0) is 24.1. The fourth-order valence-electron chi connectivity index (χ4n) is 3.77. The number of halogens is 1. The Morgan fingerprint density at radius 3 is 2.85 bits per heavy atom. The predicted molar refractivity (Wildman–Crippen MR) is 133 cm³/mol. The molecule has 34 heavy (non-hydrogen) atoms. The third-order valence-electron chi connectivity index (χ3n) is 5.44. The number of nitrogens with zero attached hydrogens (tertiary/aromatic N) is 2. The van der Waals surface area contributed by atoms with Crippen LogP contribution >= 0.6 is 23.4 Å². The molecule has 0 saturated heterocycles. The normalized spacial score (nSPS) is 13.3. The summed E-state index contributed by atoms with van der Waals surface area (Å²) < 4.78 is 10.4. The number of rotatable bonds is 8. The number of nitrogens with one attached hydrogen (secondary N) is 2. The zero-order valence-electron chi connectivity index (χ0n) is 18.9. The van der Waals surface area contributed by atoms with Crippen molar-refractivity contribution in [2.24, 2.45) is 0 Å². The van der Waals surface area contributed by atoms with Crippen LogP contribution in [0.3, 0.4) is 0 Å². The summed E-state index contributed by atoms with van der Waals surface area (Å²) in [6.07, 6.45) is 0.674. The van der Waals surface area contributed by atoms with Crippen molar-refractivity contribution in [2.75, 3.05) is 31.8 Å². The molecule has 3 aromatic rings. The molecule has 178 valence electrons. The van der Waals surface area contributed by atoms with Gasteiger partial charge in [0.05, 0.1) is 36.3 Å². The maximum absolute atomic E-state index is 12.7. The highest BCUT2D eigenvalue weighted by Crippen LogP contribution is 2.27. The fourth-order valence-corrected chi connectivity index (χ4v) is 4.70. The number of hydrogen-bond acceptors (Lipinski definition) is 7. The predicted octanol–water partition coefficient (Wildman–Crippen LogP) is 3.73. The molecule has 0 atom stereocenters. The number of aromatic nitrogens is 2. The van der Waals surface area contributed by atoms with Crippen molar-refractivity contribution in [3.8, 4) is 11.5 Å². The summed E-state index contributed by atoms with van der Waals surface area (Å²) >= 11 is 7.29. The Morgan fingerprint density at radius 1 is 1.24 bits per heavy atom. The number of carbonyl (C=O) groups is 1. The van der Waals surface area contributed by atoms with Crippen molar-refractivity contribution in [1.29, 1.82) is 0 Å². The monoisotopic (exact) mass is 500 g/mol. The second-order valence-corrected chi connectivity index (χ2v) is 9.17. The molecule has 1 amide bonds. The molecule has 10 heteroatoms. The molecule has 2 aromatic carbocycles. The van der Waals surface area contributed by atoms with Gasteiger partial charge in [-0.25, -0.2) is 4.98 Å². The van der Waals surface area contributed by atoms with E-state index >= 15 is 0 Å². The van der Waals surface area contributed by atoms with Crippen LogP contribution in [0.5, 0.6) is 11.5 Å². The average Bonchev–Trinajstić information content (AvgIpc) is 2.83. The number of hydrogen-bond donors (Lipinski definition) is 2. The molecule has 0 bridgehead atoms. The lowest BCUT2D eigenvalue weighted by Crippen LogP contribution is -2.35. The quantitative estimate of drug-likeness (QED) is 0.359. The highest BCUT2D eigenvalue weighted by Gasteiger charge is 2.22. The van der Waals surface area contributed by atoms with Gasteiger partial charge in [0.1, 0.15) is 11.5 Å². The number of H-pyrrole nitrogens is 1. The first-order valence-electron chi connectivity index (χ1n) is 10.7. The van der Waals surface area contributed by atoms with Gasteiger partial charge < -0.3 is 19.8 Å². The van der Waals surface area contributed by atoms with Crippen LogP contribution in [0.15, 0.2) is 52.4 Å². The number of anilines is 1. The van der Waals surface area contributed by atoms with Gasteiger partial charge in [0.25, 0.3) is 5.56 Å². The standard InChI is InChI=1S/C24H25ClN4O4S/c1-32-17-5-3-4-15(10-17)12-29-9-8-20-18(13-29)23(31)28-24(27-20)34-14-22(30)26-16-6-7-21(33-2)19(25)11-16/h3-7,10-11H,8-9,12-14H2,1-2H3,(H,26,30)(H,27,28,31). The van der Waals surface area contributed by atoms with Crippen molar-refractivity contribution in [3.05, 3.63) is 74.7 Å². The van der Waals surface area contributed by atoms with Crippen LogP contribution < -0.4 is 20.3 Å². The fraction of sp³-hybridized carbons (Fsp3) is 0.292. The minimum absolute atomic E-state index is 0.105. The lowest BCUT2D eigenvalue weighted by atomic mass is 10.1. The third kappa shape index (κ3) is 5.91. The number of fused-ring (bicyclic) bond motifs is 1. The van der Waals surface area contributed by atoms with Crippen LogP contribution in [-0.4, -0.2) is 47.3 Å². The largest absolute Gasteiger partial charge is 0.497 e. The first kappa shape index (κ1) is 24.1. The van der Waals surface area contributed by atoms with Crippen LogP contribution in [0, 0.1) is 0 Å². The van der Waals surface area contributed by atoms with Gasteiger partial charge in [0.15, 0.2) is 5.16 Å². The van der Waals surface area contributed by atoms with Crippen molar-refractivity contribution < 1.29 is 14.3 Å². The van der Waals surface area contributed by atoms with Gasteiger partial charge in [0.2, 0.25) is 5.91 Å². The molecule has 2 N–H and O–H groups in total. The highest BCUT2D eigenvalue weighted by atomic mass is 35.5. The van der Waals surface area contributed by atoms with Gasteiger partial charge in [-0.3, -0.25) is 14.5 Å². The minimum Gasteiger partial charge on any atom is -0.497 e. The smallest absolute Gasteiger partial charge is 0.256 e. The molecule has 1 aromatic heterocycles. The zero-order valence-corrected chi connectivity index (χ0v) is 20.5. The molecule has 8 nitrogen and oxygen atoms in total. The van der Waals surface area contributed by atoms with Crippen LogP contribution in [-0.2, 0) is 24.3 Å². The second kappa shape index (κ2) is 10.9. The molecule has 0 unspecified atom stereocenters. The van der Waals surface area contributed by atoms with Gasteiger partial charge >= 0.3 is 0 Å². The summed E-state index contributed by atoms with van der Waals surface area (Å²) in [5.41, 5.74) is 3.00. The Hall–Kier alpha value is -3.01. The van der Waals surface area contributed by atoms with Gasteiger partial charge in [0, 0.05) is 31.7 Å². The van der Waals surface area contributed by atoms with Crippen LogP contribution in [0.2, 0.25) is 5.02 Å². The van der Waals surface area contributed by atoms with E-state index in [0.29, 0.717) is 40.1 Å². The number of methoxy groups -OCH3 is 2. The van der Waals surface area contributed by atoms with Gasteiger partial charge in [-0.2, -0.15) is 0 Å². The SMILES string of the molecule is COc1cccc(CN2CCc3nc(SCC(=O)Nc4ccc(OC)c(Cl)c4)[nH]c(=O)c3C2)c1. The van der Waals surface area contributed by atoms with Gasteiger partial charge in [-0.05, 0) is 35.9 Å². The highest BCUT2D eigenvalue weighted by molar-refractivity contribution is 7.99. The number of amides is 1. The Bertz CT molecular complexity index is 1250. The van der Waals surface area contributed by atoms with Crippen molar-refractivity contribution in [3.63, 3.8) is 0 Å². The molecule has 2 heterocycles. The molecule has 4 rings (SSSR count). The first-order valence-corrected chi connectivity index (χ1v) is 12.0. The van der Waals surface area contributed by atoms with Crippen molar-refractivity contribution in [1.82, 2.24) is 14.9 Å². The maximum atomic E-state index is 12.7. The number of carbonyl (C=O) groups excluding carboxylic acids is 1. The van der Waals surface area contributed by atoms with E-state index in [2.05, 4.69) is 20.2 Å². The Labute approximate surface area is 206 Å². The minimum atomic E-state index is -0.226. The summed E-state index contributed by atoms with van der Waals surface area (Å²) in [5.74, 6) is 1.23. The lowest BCUT2D eigenvalue weighted by molar-refractivity contribution is -0.113. The average molecular weight is 501 g/mol. The molecular weight excluding hydrogens is 476 g/mol. The van der Waals surface area contributed by atoms with E-state index in [1.165, 1.54) is 18.9 Å². The van der Waals surface area contributed by atoms with Crippen LogP contribution in [0.25, 0.3) is 0 Å². The summed E-state index contributed by atoms with van der Waals surface area (Å²) in [6.45, 7) is 2.05. The molecule has 1 aliphatic heterocycles.